The highest BCUT2D eigenvalue weighted by atomic mass is 16.5. The molecular weight excluding hydrogens is 214 g/mol. The van der Waals surface area contributed by atoms with Gasteiger partial charge in [0.15, 0.2) is 0 Å². The number of anilines is 2. The van der Waals surface area contributed by atoms with Gasteiger partial charge in [-0.05, 0) is 31.5 Å². The Bertz CT molecular complexity index is 519. The molecule has 0 saturated carbocycles. The predicted octanol–water partition coefficient (Wildman–Crippen LogP) is 2.51. The average molecular weight is 231 g/mol. The van der Waals surface area contributed by atoms with Crippen LogP contribution in [-0.4, -0.2) is 12.2 Å². The molecule has 1 aromatic heterocycles. The van der Waals surface area contributed by atoms with Gasteiger partial charge in [-0.25, -0.2) is 0 Å². The van der Waals surface area contributed by atoms with Gasteiger partial charge in [-0.1, -0.05) is 11.2 Å². The molecule has 2 N–H and O–H groups in total. The maximum atomic E-state index is 5.80. The summed E-state index contributed by atoms with van der Waals surface area (Å²) in [5.41, 5.74) is 9.81. The minimum Gasteiger partial charge on any atom is -0.399 e. The van der Waals surface area contributed by atoms with Gasteiger partial charge in [-0.2, -0.15) is 0 Å². The number of hydrogen-bond donors (Lipinski definition) is 1. The lowest BCUT2D eigenvalue weighted by molar-refractivity contribution is 0.390. The molecule has 4 heteroatoms. The van der Waals surface area contributed by atoms with E-state index in [1.165, 1.54) is 5.56 Å². The number of aryl methyl sites for hydroxylation is 2. The number of nitrogen functional groups attached to an aromatic ring is 1. The normalized spacial score (nSPS) is 10.5. The molecule has 90 valence electrons. The second-order valence-electron chi connectivity index (χ2n) is 4.33. The van der Waals surface area contributed by atoms with E-state index in [4.69, 9.17) is 10.3 Å². The van der Waals surface area contributed by atoms with Crippen LogP contribution in [0.5, 0.6) is 0 Å². The lowest BCUT2D eigenvalue weighted by atomic mass is 10.1. The lowest BCUT2D eigenvalue weighted by Crippen LogP contribution is -2.17. The van der Waals surface area contributed by atoms with Gasteiger partial charge in [0.2, 0.25) is 0 Å². The Morgan fingerprint density at radius 3 is 2.71 bits per heavy atom. The smallest absolute Gasteiger partial charge is 0.133 e. The SMILES string of the molecule is Cc1cc(CN(C)c2cc(N)ccc2C)no1. The van der Waals surface area contributed by atoms with E-state index in [9.17, 15) is 0 Å². The minimum atomic E-state index is 0.710. The van der Waals surface area contributed by atoms with Gasteiger partial charge in [-0.3, -0.25) is 0 Å². The quantitative estimate of drug-likeness (QED) is 0.825. The van der Waals surface area contributed by atoms with Crippen molar-refractivity contribution in [1.82, 2.24) is 5.16 Å². The van der Waals surface area contributed by atoms with Crippen molar-refractivity contribution in [2.45, 2.75) is 20.4 Å². The summed E-state index contributed by atoms with van der Waals surface area (Å²) in [5, 5.41) is 3.99. The molecule has 0 saturated heterocycles. The molecule has 0 aliphatic carbocycles. The van der Waals surface area contributed by atoms with Crippen LogP contribution in [0.2, 0.25) is 0 Å². The van der Waals surface area contributed by atoms with Gasteiger partial charge in [0.05, 0.1) is 6.54 Å². The second kappa shape index (κ2) is 4.49. The average Bonchev–Trinajstić information content (AvgIpc) is 2.67. The first kappa shape index (κ1) is 11.5. The number of nitrogens with zero attached hydrogens (tertiary/aromatic N) is 2. The molecule has 1 aromatic carbocycles. The largest absolute Gasteiger partial charge is 0.399 e. The molecule has 0 aliphatic heterocycles. The Balaban J connectivity index is 2.19. The van der Waals surface area contributed by atoms with Crippen molar-refractivity contribution >= 4 is 11.4 Å². The summed E-state index contributed by atoms with van der Waals surface area (Å²) >= 11 is 0. The van der Waals surface area contributed by atoms with Crippen molar-refractivity contribution in [2.24, 2.45) is 0 Å². The summed E-state index contributed by atoms with van der Waals surface area (Å²) in [7, 11) is 2.02. The molecule has 1 heterocycles. The molecule has 0 radical (unpaired) electrons. The molecule has 0 atom stereocenters. The fourth-order valence-electron chi connectivity index (χ4n) is 1.86. The Morgan fingerprint density at radius 2 is 2.06 bits per heavy atom. The molecule has 17 heavy (non-hydrogen) atoms. The Labute approximate surface area is 101 Å². The van der Waals surface area contributed by atoms with Crippen LogP contribution in [-0.2, 0) is 6.54 Å². The summed E-state index contributed by atoms with van der Waals surface area (Å²) in [6.45, 7) is 4.67. The first-order valence-electron chi connectivity index (χ1n) is 5.55. The molecule has 0 aliphatic rings. The van der Waals surface area contributed by atoms with Gasteiger partial charge in [0, 0.05) is 24.5 Å². The van der Waals surface area contributed by atoms with E-state index in [1.54, 1.807) is 0 Å². The predicted molar refractivity (Wildman–Crippen MR) is 68.9 cm³/mol. The molecule has 0 unspecified atom stereocenters. The van der Waals surface area contributed by atoms with Gasteiger partial charge in [0.25, 0.3) is 0 Å². The molecule has 2 rings (SSSR count). The molecule has 2 aromatic rings. The summed E-state index contributed by atoms with van der Waals surface area (Å²) in [6, 6.07) is 7.85. The van der Waals surface area contributed by atoms with Crippen LogP contribution in [0.25, 0.3) is 0 Å². The van der Waals surface area contributed by atoms with Crippen molar-refractivity contribution in [3.63, 3.8) is 0 Å². The molecule has 0 bridgehead atoms. The van der Waals surface area contributed by atoms with E-state index in [-0.39, 0.29) is 0 Å². The third kappa shape index (κ3) is 2.58. The van der Waals surface area contributed by atoms with E-state index in [2.05, 4.69) is 17.0 Å². The number of benzene rings is 1. The standard InChI is InChI=1S/C13H17N3O/c1-9-4-5-11(14)7-13(9)16(3)8-12-6-10(2)17-15-12/h4-7H,8,14H2,1-3H3. The molecule has 0 amide bonds. The lowest BCUT2D eigenvalue weighted by Gasteiger charge is -2.20. The van der Waals surface area contributed by atoms with Gasteiger partial charge in [-0.15, -0.1) is 0 Å². The fraction of sp³-hybridized carbons (Fsp3) is 0.308. The van der Waals surface area contributed by atoms with Crippen LogP contribution in [0.4, 0.5) is 11.4 Å². The van der Waals surface area contributed by atoms with Crippen molar-refractivity contribution < 1.29 is 4.52 Å². The van der Waals surface area contributed by atoms with Crippen LogP contribution in [0.15, 0.2) is 28.8 Å². The van der Waals surface area contributed by atoms with Crippen LogP contribution in [0, 0.1) is 13.8 Å². The monoisotopic (exact) mass is 231 g/mol. The first-order valence-corrected chi connectivity index (χ1v) is 5.55. The Hall–Kier alpha value is -1.97. The first-order chi connectivity index (χ1) is 8.06. The van der Waals surface area contributed by atoms with Gasteiger partial charge in [0.1, 0.15) is 11.5 Å². The third-order valence-electron chi connectivity index (χ3n) is 2.72. The highest BCUT2D eigenvalue weighted by Crippen LogP contribution is 2.23. The molecule has 0 fully saturated rings. The van der Waals surface area contributed by atoms with E-state index >= 15 is 0 Å². The number of rotatable bonds is 3. The highest BCUT2D eigenvalue weighted by molar-refractivity contribution is 5.60. The zero-order valence-electron chi connectivity index (χ0n) is 10.4. The van der Waals surface area contributed by atoms with E-state index in [0.29, 0.717) is 6.54 Å². The van der Waals surface area contributed by atoms with Crippen LogP contribution in [0.3, 0.4) is 0 Å². The maximum Gasteiger partial charge on any atom is 0.133 e. The summed E-state index contributed by atoms with van der Waals surface area (Å²) in [6.07, 6.45) is 0. The topological polar surface area (TPSA) is 55.3 Å². The zero-order valence-corrected chi connectivity index (χ0v) is 10.4. The Morgan fingerprint density at radius 1 is 1.29 bits per heavy atom. The maximum absolute atomic E-state index is 5.80. The van der Waals surface area contributed by atoms with Crippen molar-refractivity contribution in [2.75, 3.05) is 17.7 Å². The van der Waals surface area contributed by atoms with E-state index in [0.717, 1.165) is 22.8 Å². The van der Waals surface area contributed by atoms with Gasteiger partial charge >= 0.3 is 0 Å². The van der Waals surface area contributed by atoms with Crippen molar-refractivity contribution in [3.8, 4) is 0 Å². The van der Waals surface area contributed by atoms with E-state index < -0.39 is 0 Å². The number of aromatic nitrogens is 1. The number of hydrogen-bond acceptors (Lipinski definition) is 4. The number of nitrogens with two attached hydrogens (primary N) is 1. The van der Waals surface area contributed by atoms with Crippen LogP contribution >= 0.6 is 0 Å². The second-order valence-corrected chi connectivity index (χ2v) is 4.33. The third-order valence-corrected chi connectivity index (χ3v) is 2.72. The summed E-state index contributed by atoms with van der Waals surface area (Å²) < 4.78 is 5.05. The van der Waals surface area contributed by atoms with Crippen LogP contribution in [0.1, 0.15) is 17.0 Å². The van der Waals surface area contributed by atoms with Crippen LogP contribution < -0.4 is 10.6 Å². The van der Waals surface area contributed by atoms with Crippen molar-refractivity contribution in [1.29, 1.82) is 0 Å². The Kier molecular flexibility index (Phi) is 3.04. The molecular formula is C13H17N3O. The summed E-state index contributed by atoms with van der Waals surface area (Å²) in [5.74, 6) is 0.831. The van der Waals surface area contributed by atoms with Crippen molar-refractivity contribution in [3.05, 3.63) is 41.3 Å². The molecule has 4 nitrogen and oxygen atoms in total. The zero-order chi connectivity index (χ0) is 12.4. The highest BCUT2D eigenvalue weighted by Gasteiger charge is 2.08. The minimum absolute atomic E-state index is 0.710. The van der Waals surface area contributed by atoms with Gasteiger partial charge < -0.3 is 15.2 Å². The molecule has 0 spiro atoms. The van der Waals surface area contributed by atoms with E-state index in [1.807, 2.05) is 38.2 Å². The summed E-state index contributed by atoms with van der Waals surface area (Å²) in [4.78, 5) is 2.11. The fourth-order valence-corrected chi connectivity index (χ4v) is 1.86.